The van der Waals surface area contributed by atoms with Crippen LogP contribution in [0, 0.1) is 0 Å². The first-order valence-corrected chi connectivity index (χ1v) is 6.49. The summed E-state index contributed by atoms with van der Waals surface area (Å²) in [6, 6.07) is 7.64. The average molecular weight is 265 g/mol. The van der Waals surface area contributed by atoms with Gasteiger partial charge in [0.2, 0.25) is 0 Å². The zero-order valence-corrected chi connectivity index (χ0v) is 10.8. The molecule has 0 saturated heterocycles. The number of carboxylic acids is 1. The molecule has 1 unspecified atom stereocenters. The molecule has 5 nitrogen and oxygen atoms in total. The minimum Gasteiger partial charge on any atom is -0.481 e. The number of rotatable bonds is 6. The highest BCUT2D eigenvalue weighted by atomic mass is 16.5. The Kier molecular flexibility index (Phi) is 4.76. The highest BCUT2D eigenvalue weighted by Crippen LogP contribution is 2.34. The normalized spacial score (nSPS) is 18.2. The molecule has 1 aliphatic heterocycles. The van der Waals surface area contributed by atoms with Crippen molar-refractivity contribution < 1.29 is 19.7 Å². The number of carboxylic acid groups (broad SMARTS) is 1. The van der Waals surface area contributed by atoms with Gasteiger partial charge < -0.3 is 19.8 Å². The molecule has 0 aromatic heterocycles. The van der Waals surface area contributed by atoms with Crippen LogP contribution in [0.15, 0.2) is 24.3 Å². The minimum atomic E-state index is -0.761. The lowest BCUT2D eigenvalue weighted by Gasteiger charge is -2.34. The van der Waals surface area contributed by atoms with Gasteiger partial charge in [-0.2, -0.15) is 0 Å². The van der Waals surface area contributed by atoms with Gasteiger partial charge >= 0.3 is 5.97 Å². The second kappa shape index (κ2) is 6.54. The van der Waals surface area contributed by atoms with Crippen molar-refractivity contribution in [3.63, 3.8) is 0 Å². The Bertz CT molecular complexity index is 435. The van der Waals surface area contributed by atoms with E-state index in [4.69, 9.17) is 9.84 Å². The van der Waals surface area contributed by atoms with E-state index in [0.29, 0.717) is 26.2 Å². The van der Waals surface area contributed by atoms with E-state index in [1.54, 1.807) is 0 Å². The Morgan fingerprint density at radius 2 is 2.16 bits per heavy atom. The summed E-state index contributed by atoms with van der Waals surface area (Å²) < 4.78 is 5.27. The predicted molar refractivity (Wildman–Crippen MR) is 71.6 cm³/mol. The van der Waals surface area contributed by atoms with Crippen molar-refractivity contribution >= 4 is 11.7 Å². The molecule has 0 spiro atoms. The van der Waals surface area contributed by atoms with Crippen LogP contribution in [-0.4, -0.2) is 49.1 Å². The second-order valence-electron chi connectivity index (χ2n) is 4.56. The number of fused-ring (bicyclic) bond motifs is 1. The zero-order chi connectivity index (χ0) is 13.7. The van der Waals surface area contributed by atoms with Gasteiger partial charge in [0.1, 0.15) is 0 Å². The summed E-state index contributed by atoms with van der Waals surface area (Å²) >= 11 is 0. The zero-order valence-electron chi connectivity index (χ0n) is 10.8. The van der Waals surface area contributed by atoms with E-state index in [1.807, 2.05) is 24.3 Å². The Morgan fingerprint density at radius 1 is 1.37 bits per heavy atom. The first-order valence-electron chi connectivity index (χ1n) is 6.49. The fraction of sp³-hybridized carbons (Fsp3) is 0.500. The van der Waals surface area contributed by atoms with Crippen molar-refractivity contribution in [3.8, 4) is 0 Å². The van der Waals surface area contributed by atoms with Crippen LogP contribution < -0.4 is 4.90 Å². The first kappa shape index (κ1) is 13.8. The molecule has 2 rings (SSSR count). The standard InChI is InChI=1S/C14H19NO4/c16-8-10-19-9-7-15-6-5-12(14(17)18)11-3-1-2-4-13(11)15/h1-4,12,16H,5-10H2,(H,17,18). The number of carbonyl (C=O) groups is 1. The third kappa shape index (κ3) is 3.24. The molecule has 1 aliphatic rings. The van der Waals surface area contributed by atoms with Crippen LogP contribution in [-0.2, 0) is 9.53 Å². The third-order valence-electron chi connectivity index (χ3n) is 3.38. The number of para-hydroxylation sites is 1. The molecule has 1 heterocycles. The topological polar surface area (TPSA) is 70.0 Å². The third-order valence-corrected chi connectivity index (χ3v) is 3.38. The van der Waals surface area contributed by atoms with Gasteiger partial charge in [0.15, 0.2) is 0 Å². The maximum absolute atomic E-state index is 11.3. The minimum absolute atomic E-state index is 0.0255. The molecule has 104 valence electrons. The molecule has 1 atom stereocenters. The SMILES string of the molecule is O=C(O)C1CCN(CCOCCO)c2ccccc21. The van der Waals surface area contributed by atoms with E-state index in [-0.39, 0.29) is 6.61 Å². The molecular formula is C14H19NO4. The lowest BCUT2D eigenvalue weighted by molar-refractivity contribution is -0.139. The summed E-state index contributed by atoms with van der Waals surface area (Å²) in [5.74, 6) is -1.17. The number of ether oxygens (including phenoxy) is 1. The van der Waals surface area contributed by atoms with Crippen LogP contribution in [0.25, 0.3) is 0 Å². The van der Waals surface area contributed by atoms with Gasteiger partial charge in [-0.15, -0.1) is 0 Å². The van der Waals surface area contributed by atoms with Gasteiger partial charge in [-0.25, -0.2) is 0 Å². The fourth-order valence-corrected chi connectivity index (χ4v) is 2.46. The highest BCUT2D eigenvalue weighted by Gasteiger charge is 2.29. The number of hydrogen-bond acceptors (Lipinski definition) is 4. The van der Waals surface area contributed by atoms with Crippen molar-refractivity contribution in [2.24, 2.45) is 0 Å². The van der Waals surface area contributed by atoms with Crippen molar-refractivity contribution in [2.75, 3.05) is 37.8 Å². The van der Waals surface area contributed by atoms with E-state index in [0.717, 1.165) is 17.8 Å². The van der Waals surface area contributed by atoms with Crippen LogP contribution in [0.4, 0.5) is 5.69 Å². The first-order chi connectivity index (χ1) is 9.24. The molecule has 19 heavy (non-hydrogen) atoms. The highest BCUT2D eigenvalue weighted by molar-refractivity contribution is 5.80. The summed E-state index contributed by atoms with van der Waals surface area (Å²) in [5, 5.41) is 17.9. The number of benzene rings is 1. The van der Waals surface area contributed by atoms with Gasteiger partial charge in [0.25, 0.3) is 0 Å². The van der Waals surface area contributed by atoms with Crippen LogP contribution in [0.2, 0.25) is 0 Å². The van der Waals surface area contributed by atoms with Crippen molar-refractivity contribution in [1.82, 2.24) is 0 Å². The monoisotopic (exact) mass is 265 g/mol. The van der Waals surface area contributed by atoms with E-state index < -0.39 is 11.9 Å². The number of nitrogens with zero attached hydrogens (tertiary/aromatic N) is 1. The summed E-state index contributed by atoms with van der Waals surface area (Å²) in [4.78, 5) is 13.4. The van der Waals surface area contributed by atoms with Gasteiger partial charge in [-0.3, -0.25) is 4.79 Å². The van der Waals surface area contributed by atoms with Crippen molar-refractivity contribution in [2.45, 2.75) is 12.3 Å². The molecule has 0 radical (unpaired) electrons. The molecule has 0 aliphatic carbocycles. The van der Waals surface area contributed by atoms with Crippen LogP contribution >= 0.6 is 0 Å². The maximum atomic E-state index is 11.3. The van der Waals surface area contributed by atoms with Crippen molar-refractivity contribution in [1.29, 1.82) is 0 Å². The molecule has 0 amide bonds. The fourth-order valence-electron chi connectivity index (χ4n) is 2.46. The number of aliphatic hydroxyl groups excluding tert-OH is 1. The number of anilines is 1. The lowest BCUT2D eigenvalue weighted by Crippen LogP contribution is -2.35. The smallest absolute Gasteiger partial charge is 0.311 e. The molecule has 0 fully saturated rings. The number of aliphatic carboxylic acids is 1. The summed E-state index contributed by atoms with van der Waals surface area (Å²) in [7, 11) is 0. The van der Waals surface area contributed by atoms with Gasteiger partial charge in [0, 0.05) is 18.8 Å². The molecule has 1 aromatic carbocycles. The Morgan fingerprint density at radius 3 is 2.89 bits per heavy atom. The molecular weight excluding hydrogens is 246 g/mol. The Hall–Kier alpha value is -1.59. The second-order valence-corrected chi connectivity index (χ2v) is 4.56. The van der Waals surface area contributed by atoms with Crippen LogP contribution in [0.1, 0.15) is 17.9 Å². The van der Waals surface area contributed by atoms with E-state index in [2.05, 4.69) is 4.90 Å². The molecule has 5 heteroatoms. The lowest BCUT2D eigenvalue weighted by atomic mass is 9.90. The predicted octanol–water partition coefficient (Wildman–Crippen LogP) is 1.07. The van der Waals surface area contributed by atoms with Gasteiger partial charge in [-0.1, -0.05) is 18.2 Å². The van der Waals surface area contributed by atoms with Gasteiger partial charge in [-0.05, 0) is 18.1 Å². The number of aliphatic hydroxyl groups is 1. The molecule has 2 N–H and O–H groups in total. The van der Waals surface area contributed by atoms with Crippen LogP contribution in [0.5, 0.6) is 0 Å². The Balaban J connectivity index is 2.07. The number of hydrogen-bond donors (Lipinski definition) is 2. The Labute approximate surface area is 112 Å². The van der Waals surface area contributed by atoms with Crippen molar-refractivity contribution in [3.05, 3.63) is 29.8 Å². The van der Waals surface area contributed by atoms with E-state index in [1.165, 1.54) is 0 Å². The molecule has 1 aromatic rings. The van der Waals surface area contributed by atoms with Gasteiger partial charge in [0.05, 0.1) is 25.7 Å². The summed E-state index contributed by atoms with van der Waals surface area (Å²) in [6.07, 6.45) is 0.617. The molecule has 0 bridgehead atoms. The molecule has 0 saturated carbocycles. The van der Waals surface area contributed by atoms with E-state index in [9.17, 15) is 9.90 Å². The maximum Gasteiger partial charge on any atom is 0.311 e. The summed E-state index contributed by atoms with van der Waals surface area (Å²) in [6.45, 7) is 2.33. The average Bonchev–Trinajstić information content (AvgIpc) is 2.43. The van der Waals surface area contributed by atoms with Crippen LogP contribution in [0.3, 0.4) is 0 Å². The quantitative estimate of drug-likeness (QED) is 0.753. The van der Waals surface area contributed by atoms with E-state index >= 15 is 0 Å². The largest absolute Gasteiger partial charge is 0.481 e. The summed E-state index contributed by atoms with van der Waals surface area (Å²) in [5.41, 5.74) is 1.86.